The number of aliphatic carboxylic acids is 1. The van der Waals surface area contributed by atoms with Crippen molar-refractivity contribution in [3.8, 4) is 17.6 Å². The highest BCUT2D eigenvalue weighted by molar-refractivity contribution is 8.13. The van der Waals surface area contributed by atoms with Crippen molar-refractivity contribution in [2.24, 2.45) is 0 Å². The Morgan fingerprint density at radius 1 is 1.29 bits per heavy atom. The van der Waals surface area contributed by atoms with Crippen LogP contribution in [0.5, 0.6) is 5.75 Å². The highest BCUT2D eigenvalue weighted by Gasteiger charge is 2.39. The van der Waals surface area contributed by atoms with Crippen LogP contribution in [-0.4, -0.2) is 58.8 Å². The molecule has 9 heteroatoms. The number of ether oxygens (including phenoxy) is 3. The van der Waals surface area contributed by atoms with E-state index in [0.717, 1.165) is 11.8 Å². The first-order valence-electron chi connectivity index (χ1n) is 9.12. The van der Waals surface area contributed by atoms with Crippen molar-refractivity contribution < 1.29 is 38.4 Å². The van der Waals surface area contributed by atoms with E-state index in [-0.39, 0.29) is 19.0 Å². The van der Waals surface area contributed by atoms with Gasteiger partial charge < -0.3 is 24.4 Å². The van der Waals surface area contributed by atoms with E-state index in [1.165, 1.54) is 36.4 Å². The Hall–Kier alpha value is -3.06. The van der Waals surface area contributed by atoms with Gasteiger partial charge in [0.25, 0.3) is 0 Å². The first-order chi connectivity index (χ1) is 14.9. The number of carbonyl (C=O) groups is 2. The Morgan fingerprint density at radius 3 is 2.71 bits per heavy atom. The molecule has 0 radical (unpaired) electrons. The molecule has 164 valence electrons. The molecule has 0 aromatic heterocycles. The fourth-order valence-corrected chi connectivity index (χ4v) is 3.10. The topological polar surface area (TPSA) is 102 Å². The van der Waals surface area contributed by atoms with Gasteiger partial charge in [-0.15, -0.1) is 0 Å². The second-order valence-corrected chi connectivity index (χ2v) is 7.20. The third-order valence-corrected chi connectivity index (χ3v) is 4.65. The number of carbonyl (C=O) groups excluding carboxylic acids is 1. The lowest BCUT2D eigenvalue weighted by molar-refractivity contribution is -0.143. The summed E-state index contributed by atoms with van der Waals surface area (Å²) in [6, 6.07) is 5.48. The van der Waals surface area contributed by atoms with Gasteiger partial charge in [-0.05, 0) is 60.3 Å². The smallest absolute Gasteiger partial charge is 0.368 e. The van der Waals surface area contributed by atoms with E-state index in [1.807, 2.05) is 0 Å². The first-order valence-corrected chi connectivity index (χ1v) is 10.1. The molecule has 1 unspecified atom stereocenters. The molecule has 1 heterocycles. The number of aliphatic hydroxyl groups is 1. The maximum Gasteiger partial charge on any atom is 0.368 e. The first kappa shape index (κ1) is 24.2. The quantitative estimate of drug-likeness (QED) is 0.320. The Bertz CT molecular complexity index is 899. The molecule has 7 nitrogen and oxygen atoms in total. The van der Waals surface area contributed by atoms with Gasteiger partial charge in [0.15, 0.2) is 5.60 Å². The third-order valence-electron chi connectivity index (χ3n) is 3.70. The minimum absolute atomic E-state index is 0.00511. The maximum atomic E-state index is 12.8. The van der Waals surface area contributed by atoms with Gasteiger partial charge in [-0.3, -0.25) is 0 Å². The molecule has 31 heavy (non-hydrogen) atoms. The van der Waals surface area contributed by atoms with Crippen molar-refractivity contribution in [1.29, 1.82) is 0 Å². The number of thioether (sulfide) groups is 1. The summed E-state index contributed by atoms with van der Waals surface area (Å²) in [6.07, 6.45) is 8.50. The minimum atomic E-state index is -1.11. The van der Waals surface area contributed by atoms with Crippen molar-refractivity contribution in [1.82, 2.24) is 0 Å². The number of aliphatic hydroxyl groups excluding tert-OH is 1. The Labute approximate surface area is 183 Å². The van der Waals surface area contributed by atoms with Crippen LogP contribution in [0.1, 0.15) is 0 Å². The van der Waals surface area contributed by atoms with Crippen LogP contribution in [0.2, 0.25) is 0 Å². The van der Waals surface area contributed by atoms with Gasteiger partial charge >= 0.3 is 11.3 Å². The van der Waals surface area contributed by atoms with Crippen LogP contribution in [0, 0.1) is 17.7 Å². The highest BCUT2D eigenvalue weighted by Crippen LogP contribution is 2.31. The number of allylic oxidation sites excluding steroid dienone is 4. The van der Waals surface area contributed by atoms with Gasteiger partial charge in [0.1, 0.15) is 30.9 Å². The predicted octanol–water partition coefficient (Wildman–Crippen LogP) is 2.96. The molecule has 1 aliphatic heterocycles. The molecule has 1 aromatic carbocycles. The molecule has 1 saturated heterocycles. The molecule has 0 amide bonds. The molecular weight excluding hydrogens is 427 g/mol. The van der Waals surface area contributed by atoms with Crippen LogP contribution in [0.3, 0.4) is 0 Å². The fourth-order valence-electron chi connectivity index (χ4n) is 2.28. The predicted molar refractivity (Wildman–Crippen MR) is 113 cm³/mol. The Balaban J connectivity index is 1.76. The van der Waals surface area contributed by atoms with E-state index < -0.39 is 29.6 Å². The normalized spacial score (nSPS) is 19.5. The van der Waals surface area contributed by atoms with Crippen LogP contribution < -0.4 is 4.74 Å². The SMILES string of the molecule is O=C(O)COCC1(/C=C/C=C/C#C/C=C/[C@@H](O)COc2ccc(F)cc2)CSC(=O)O1. The molecule has 1 aliphatic rings. The molecule has 0 saturated carbocycles. The summed E-state index contributed by atoms with van der Waals surface area (Å²) in [5.74, 6) is 4.76. The summed E-state index contributed by atoms with van der Waals surface area (Å²) in [5.41, 5.74) is -1.01. The van der Waals surface area contributed by atoms with Gasteiger partial charge in [0.05, 0.1) is 12.4 Å². The van der Waals surface area contributed by atoms with Gasteiger partial charge in [0, 0.05) is 0 Å². The summed E-state index contributed by atoms with van der Waals surface area (Å²) < 4.78 is 28.4. The summed E-state index contributed by atoms with van der Waals surface area (Å²) in [5, 5.41) is 18.0. The summed E-state index contributed by atoms with van der Waals surface area (Å²) in [6.45, 7) is -0.536. The molecule has 0 aliphatic carbocycles. The zero-order valence-corrected chi connectivity index (χ0v) is 17.2. The summed E-state index contributed by atoms with van der Waals surface area (Å²) >= 11 is 0.992. The fraction of sp³-hybridized carbons (Fsp3) is 0.273. The van der Waals surface area contributed by atoms with Crippen molar-refractivity contribution in [3.05, 3.63) is 66.5 Å². The summed E-state index contributed by atoms with van der Waals surface area (Å²) in [7, 11) is 0. The van der Waals surface area contributed by atoms with Crippen LogP contribution in [0.15, 0.2) is 60.7 Å². The zero-order valence-electron chi connectivity index (χ0n) is 16.4. The van der Waals surface area contributed by atoms with E-state index >= 15 is 0 Å². The van der Waals surface area contributed by atoms with Crippen LogP contribution in [0.4, 0.5) is 9.18 Å². The van der Waals surface area contributed by atoms with Crippen LogP contribution >= 0.6 is 11.8 Å². The molecule has 2 rings (SSSR count). The number of cyclic esters (lactones) is 1. The van der Waals surface area contributed by atoms with Crippen molar-refractivity contribution >= 4 is 23.0 Å². The molecule has 2 atom stereocenters. The Kier molecular flexibility index (Phi) is 9.84. The average Bonchev–Trinajstić information content (AvgIpc) is 3.10. The number of benzene rings is 1. The summed E-state index contributed by atoms with van der Waals surface area (Å²) in [4.78, 5) is 22.0. The third kappa shape index (κ3) is 9.53. The van der Waals surface area contributed by atoms with Crippen molar-refractivity contribution in [2.45, 2.75) is 11.7 Å². The van der Waals surface area contributed by atoms with Gasteiger partial charge in [0.2, 0.25) is 0 Å². The van der Waals surface area contributed by atoms with E-state index in [9.17, 15) is 19.1 Å². The van der Waals surface area contributed by atoms with E-state index in [1.54, 1.807) is 24.3 Å². The molecule has 0 bridgehead atoms. The lowest BCUT2D eigenvalue weighted by Crippen LogP contribution is -2.35. The molecule has 2 N–H and O–H groups in total. The number of carboxylic acid groups (broad SMARTS) is 1. The monoisotopic (exact) mass is 448 g/mol. The number of hydrogen-bond donors (Lipinski definition) is 2. The lowest BCUT2D eigenvalue weighted by atomic mass is 10.1. The van der Waals surface area contributed by atoms with E-state index in [2.05, 4.69) is 11.8 Å². The van der Waals surface area contributed by atoms with Gasteiger partial charge in [-0.25, -0.2) is 14.0 Å². The second-order valence-electron chi connectivity index (χ2n) is 6.29. The minimum Gasteiger partial charge on any atom is -0.491 e. The number of carboxylic acids is 1. The maximum absolute atomic E-state index is 12.8. The molecular formula is C22H21FO7S. The number of rotatable bonds is 10. The zero-order chi connectivity index (χ0) is 22.5. The lowest BCUT2D eigenvalue weighted by Gasteiger charge is -2.22. The average molecular weight is 448 g/mol. The number of halogens is 1. The molecule has 1 fully saturated rings. The number of hydrogen-bond acceptors (Lipinski definition) is 7. The van der Waals surface area contributed by atoms with Crippen LogP contribution in [0.25, 0.3) is 0 Å². The van der Waals surface area contributed by atoms with E-state index in [0.29, 0.717) is 11.5 Å². The van der Waals surface area contributed by atoms with Crippen molar-refractivity contribution in [2.75, 3.05) is 25.6 Å². The van der Waals surface area contributed by atoms with E-state index in [4.69, 9.17) is 19.3 Å². The van der Waals surface area contributed by atoms with Crippen molar-refractivity contribution in [3.63, 3.8) is 0 Å². The van der Waals surface area contributed by atoms with Gasteiger partial charge in [-0.2, -0.15) is 0 Å². The van der Waals surface area contributed by atoms with Crippen LogP contribution in [-0.2, 0) is 14.3 Å². The highest BCUT2D eigenvalue weighted by atomic mass is 32.2. The Morgan fingerprint density at radius 2 is 2.03 bits per heavy atom. The second kappa shape index (κ2) is 12.6. The molecule has 1 aromatic rings. The standard InChI is InChI=1S/C22H21FO7S/c23-17-8-10-19(11-9-17)29-13-18(24)7-5-3-1-2-4-6-12-22(15-28-14-20(25)26)16-31-21(27)30-22/h2,4-12,18,24H,13-16H2,(H,25,26)/b4-2+,7-5+,12-6+/t18-,22?/m1/s1. The molecule has 0 spiro atoms. The van der Waals surface area contributed by atoms with Gasteiger partial charge in [-0.1, -0.05) is 24.0 Å². The largest absolute Gasteiger partial charge is 0.491 e.